The summed E-state index contributed by atoms with van der Waals surface area (Å²) < 4.78 is 5.50. The Hall–Kier alpha value is -1.62. The lowest BCUT2D eigenvalue weighted by atomic mass is 10.1. The molecule has 0 spiro atoms. The first kappa shape index (κ1) is 10.9. The van der Waals surface area contributed by atoms with Crippen LogP contribution in [0.4, 0.5) is 5.69 Å². The van der Waals surface area contributed by atoms with E-state index in [4.69, 9.17) is 16.3 Å². The summed E-state index contributed by atoms with van der Waals surface area (Å²) in [5.74, 6) is 0.388. The van der Waals surface area contributed by atoms with E-state index in [1.165, 1.54) is 18.2 Å². The van der Waals surface area contributed by atoms with Gasteiger partial charge in [-0.2, -0.15) is 0 Å². The van der Waals surface area contributed by atoms with Gasteiger partial charge in [0.15, 0.2) is 5.72 Å². The van der Waals surface area contributed by atoms with Crippen molar-refractivity contribution in [2.45, 2.75) is 19.6 Å². The highest BCUT2D eigenvalue weighted by molar-refractivity contribution is 6.70. The topological polar surface area (TPSA) is 64.7 Å². The average molecular weight is 241 g/mol. The van der Waals surface area contributed by atoms with Crippen molar-refractivity contribution in [1.82, 2.24) is 0 Å². The van der Waals surface area contributed by atoms with Crippen molar-refractivity contribution in [2.75, 3.05) is 0 Å². The Morgan fingerprint density at radius 3 is 2.81 bits per heavy atom. The van der Waals surface area contributed by atoms with Gasteiger partial charge in [-0.25, -0.2) is 4.99 Å². The van der Waals surface area contributed by atoms with E-state index >= 15 is 0 Å². The molecule has 0 bridgehead atoms. The van der Waals surface area contributed by atoms with Crippen LogP contribution in [0.3, 0.4) is 0 Å². The fourth-order valence-corrected chi connectivity index (χ4v) is 1.83. The lowest BCUT2D eigenvalue weighted by Crippen LogP contribution is -2.30. The molecular weight excluding hydrogens is 232 g/mol. The number of nitrogens with zero attached hydrogens (tertiary/aromatic N) is 2. The minimum atomic E-state index is -0.792. The van der Waals surface area contributed by atoms with Gasteiger partial charge in [-0.3, -0.25) is 10.1 Å². The Kier molecular flexibility index (Phi) is 2.35. The average Bonchev–Trinajstić information content (AvgIpc) is 2.14. The number of aliphatic imine (C=N–C) groups is 1. The van der Waals surface area contributed by atoms with E-state index in [1.807, 2.05) is 0 Å². The number of ether oxygens (including phenoxy) is 1. The molecular formula is C10H9ClN2O3. The number of non-ortho nitro benzene ring substituents is 1. The van der Waals surface area contributed by atoms with Crippen LogP contribution in [0.2, 0.25) is 0 Å². The molecule has 0 aromatic heterocycles. The van der Waals surface area contributed by atoms with Crippen LogP contribution in [0.5, 0.6) is 5.75 Å². The van der Waals surface area contributed by atoms with Gasteiger partial charge < -0.3 is 4.74 Å². The van der Waals surface area contributed by atoms with Crippen LogP contribution in [-0.4, -0.2) is 15.8 Å². The van der Waals surface area contributed by atoms with Crippen LogP contribution in [0.25, 0.3) is 0 Å². The number of nitro benzene ring substituents is 1. The molecule has 16 heavy (non-hydrogen) atoms. The van der Waals surface area contributed by atoms with Crippen LogP contribution >= 0.6 is 11.6 Å². The smallest absolute Gasteiger partial charge is 0.273 e. The fraction of sp³-hybridized carbons (Fsp3) is 0.300. The molecule has 0 N–H and O–H groups in total. The second kappa shape index (κ2) is 3.45. The number of nitro groups is 1. The van der Waals surface area contributed by atoms with E-state index in [9.17, 15) is 10.1 Å². The number of hydrogen-bond acceptors (Lipinski definition) is 4. The summed E-state index contributed by atoms with van der Waals surface area (Å²) in [6.07, 6.45) is 0. The molecule has 0 aliphatic carbocycles. The normalized spacial score (nSPS) is 17.1. The number of rotatable bonds is 1. The second-order valence-corrected chi connectivity index (χ2v) is 4.25. The van der Waals surface area contributed by atoms with Gasteiger partial charge in [-0.1, -0.05) is 11.6 Å². The van der Waals surface area contributed by atoms with Crippen LogP contribution in [0.1, 0.15) is 19.4 Å². The summed E-state index contributed by atoms with van der Waals surface area (Å²) >= 11 is 5.96. The standard InChI is InChI=1S/C10H9ClN2O3/c1-10(2)12-9(11)7-4-3-6(13(14)15)5-8(7)16-10/h3-5H,1-2H3. The van der Waals surface area contributed by atoms with Crippen molar-refractivity contribution >= 4 is 22.5 Å². The zero-order valence-corrected chi connectivity index (χ0v) is 9.49. The van der Waals surface area contributed by atoms with E-state index in [2.05, 4.69) is 4.99 Å². The molecule has 2 rings (SSSR count). The summed E-state index contributed by atoms with van der Waals surface area (Å²) in [7, 11) is 0. The predicted molar refractivity (Wildman–Crippen MR) is 60.2 cm³/mol. The Labute approximate surface area is 96.9 Å². The maximum absolute atomic E-state index is 10.6. The highest BCUT2D eigenvalue weighted by Crippen LogP contribution is 2.34. The number of hydrogen-bond donors (Lipinski definition) is 0. The Morgan fingerprint density at radius 2 is 2.19 bits per heavy atom. The largest absolute Gasteiger partial charge is 0.466 e. The van der Waals surface area contributed by atoms with Gasteiger partial charge in [0.05, 0.1) is 16.6 Å². The molecule has 0 radical (unpaired) electrons. The van der Waals surface area contributed by atoms with Gasteiger partial charge in [0.1, 0.15) is 10.9 Å². The fourth-order valence-electron chi connectivity index (χ4n) is 1.47. The molecule has 6 heteroatoms. The van der Waals surface area contributed by atoms with E-state index in [0.717, 1.165) is 0 Å². The lowest BCUT2D eigenvalue weighted by molar-refractivity contribution is -0.385. The summed E-state index contributed by atoms with van der Waals surface area (Å²) in [5, 5.41) is 10.9. The van der Waals surface area contributed by atoms with Gasteiger partial charge in [0, 0.05) is 6.07 Å². The minimum Gasteiger partial charge on any atom is -0.466 e. The van der Waals surface area contributed by atoms with Crippen molar-refractivity contribution < 1.29 is 9.66 Å². The first-order chi connectivity index (χ1) is 7.39. The summed E-state index contributed by atoms with van der Waals surface area (Å²) in [4.78, 5) is 14.3. The van der Waals surface area contributed by atoms with Crippen LogP contribution < -0.4 is 4.74 Å². The van der Waals surface area contributed by atoms with E-state index < -0.39 is 10.6 Å². The van der Waals surface area contributed by atoms with Crippen LogP contribution in [0.15, 0.2) is 23.2 Å². The third-order valence-corrected chi connectivity index (χ3v) is 2.41. The monoisotopic (exact) mass is 240 g/mol. The predicted octanol–water partition coefficient (Wildman–Crippen LogP) is 2.71. The first-order valence-electron chi connectivity index (χ1n) is 4.62. The van der Waals surface area contributed by atoms with Gasteiger partial charge in [-0.05, 0) is 19.9 Å². The molecule has 0 unspecified atom stereocenters. The molecule has 1 heterocycles. The molecule has 1 aromatic carbocycles. The van der Waals surface area contributed by atoms with Crippen molar-refractivity contribution in [3.63, 3.8) is 0 Å². The second-order valence-electron chi connectivity index (χ2n) is 3.89. The van der Waals surface area contributed by atoms with Crippen molar-refractivity contribution in [3.05, 3.63) is 33.9 Å². The third kappa shape index (κ3) is 1.86. The molecule has 84 valence electrons. The van der Waals surface area contributed by atoms with Gasteiger partial charge in [0.25, 0.3) is 5.69 Å². The summed E-state index contributed by atoms with van der Waals surface area (Å²) in [5.41, 5.74) is -0.244. The highest BCUT2D eigenvalue weighted by Gasteiger charge is 2.28. The molecule has 1 aliphatic heterocycles. The number of halogens is 1. The third-order valence-electron chi connectivity index (χ3n) is 2.13. The molecule has 1 aromatic rings. The maximum atomic E-state index is 10.6. The zero-order chi connectivity index (χ0) is 11.9. The van der Waals surface area contributed by atoms with Crippen LogP contribution in [0, 0.1) is 10.1 Å². The summed E-state index contributed by atoms with van der Waals surface area (Å²) in [6.45, 7) is 3.47. The zero-order valence-electron chi connectivity index (χ0n) is 8.73. The molecule has 1 aliphatic rings. The quantitative estimate of drug-likeness (QED) is 0.560. The molecule has 0 saturated heterocycles. The van der Waals surface area contributed by atoms with E-state index in [1.54, 1.807) is 13.8 Å². The molecule has 0 saturated carbocycles. The maximum Gasteiger partial charge on any atom is 0.273 e. The molecule has 5 nitrogen and oxygen atoms in total. The number of fused-ring (bicyclic) bond motifs is 1. The molecule has 0 fully saturated rings. The van der Waals surface area contributed by atoms with E-state index in [0.29, 0.717) is 16.5 Å². The SMILES string of the molecule is CC1(C)N=C(Cl)c2ccc([N+](=O)[O-])cc2O1. The van der Waals surface area contributed by atoms with Crippen molar-refractivity contribution in [3.8, 4) is 5.75 Å². The minimum absolute atomic E-state index is 0.0269. The summed E-state index contributed by atoms with van der Waals surface area (Å²) in [6, 6.07) is 4.26. The number of benzene rings is 1. The first-order valence-corrected chi connectivity index (χ1v) is 5.00. The van der Waals surface area contributed by atoms with E-state index in [-0.39, 0.29) is 5.69 Å². The van der Waals surface area contributed by atoms with Gasteiger partial charge in [-0.15, -0.1) is 0 Å². The van der Waals surface area contributed by atoms with Crippen molar-refractivity contribution in [2.24, 2.45) is 4.99 Å². The Morgan fingerprint density at radius 1 is 1.50 bits per heavy atom. The molecule has 0 amide bonds. The van der Waals surface area contributed by atoms with Gasteiger partial charge in [0.2, 0.25) is 0 Å². The van der Waals surface area contributed by atoms with Crippen molar-refractivity contribution in [1.29, 1.82) is 0 Å². The Balaban J connectivity index is 2.54. The highest BCUT2D eigenvalue weighted by atomic mass is 35.5. The van der Waals surface area contributed by atoms with Gasteiger partial charge >= 0.3 is 0 Å². The molecule has 0 atom stereocenters. The van der Waals surface area contributed by atoms with Crippen LogP contribution in [-0.2, 0) is 0 Å². The Bertz CT molecular complexity index is 497. The lowest BCUT2D eigenvalue weighted by Gasteiger charge is -2.27.